The van der Waals surface area contributed by atoms with E-state index in [1.807, 2.05) is 65.7 Å². The fourth-order valence-electron chi connectivity index (χ4n) is 4.94. The summed E-state index contributed by atoms with van der Waals surface area (Å²) in [5, 5.41) is 6.90. The lowest BCUT2D eigenvalue weighted by Crippen LogP contribution is -2.57. The first-order chi connectivity index (χ1) is 15.2. The van der Waals surface area contributed by atoms with Crippen LogP contribution in [0.3, 0.4) is 0 Å². The lowest BCUT2D eigenvalue weighted by Gasteiger charge is -2.44. The molecule has 6 rings (SSSR count). The third kappa shape index (κ3) is 2.37. The number of nitrogens with zero attached hydrogens (tertiary/aromatic N) is 3. The zero-order valence-corrected chi connectivity index (χ0v) is 16.9. The molecule has 3 heterocycles. The van der Waals surface area contributed by atoms with Crippen LogP contribution in [0.25, 0.3) is 0 Å². The summed E-state index contributed by atoms with van der Waals surface area (Å²) in [7, 11) is 0. The topological polar surface area (TPSA) is 45.1 Å². The average molecular weight is 407 g/mol. The van der Waals surface area contributed by atoms with Crippen LogP contribution in [0.1, 0.15) is 29.2 Å². The highest BCUT2D eigenvalue weighted by Crippen LogP contribution is 2.55. The number of hydrazone groups is 1. The monoisotopic (exact) mass is 407 g/mol. The van der Waals surface area contributed by atoms with Gasteiger partial charge < -0.3 is 9.64 Å². The smallest absolute Gasteiger partial charge is 0.306 e. The summed E-state index contributed by atoms with van der Waals surface area (Å²) in [6.07, 6.45) is 2.45. The van der Waals surface area contributed by atoms with Crippen molar-refractivity contribution in [3.63, 3.8) is 0 Å². The van der Waals surface area contributed by atoms with E-state index in [0.717, 1.165) is 33.8 Å². The Morgan fingerprint density at radius 3 is 2.61 bits per heavy atom. The molecule has 3 aliphatic rings. The minimum Gasteiger partial charge on any atom is -0.453 e. The Balaban J connectivity index is 1.59. The molecule has 0 aromatic heterocycles. The summed E-state index contributed by atoms with van der Waals surface area (Å²) in [4.78, 5) is 15.7. The maximum atomic E-state index is 14.0. The number of rotatable bonds is 3. The lowest BCUT2D eigenvalue weighted by molar-refractivity contribution is -0.163. The molecule has 3 aromatic rings. The van der Waals surface area contributed by atoms with Crippen LogP contribution in [-0.2, 0) is 10.5 Å². The number of carbonyl (C=O) groups excluding carboxylic acids is 1. The van der Waals surface area contributed by atoms with E-state index in [-0.39, 0.29) is 11.9 Å². The molecule has 0 N–H and O–H groups in total. The number of hydrogen-bond donors (Lipinski definition) is 0. The number of anilines is 1. The average Bonchev–Trinajstić information content (AvgIpc) is 3.36. The van der Waals surface area contributed by atoms with Gasteiger partial charge in [-0.3, -0.25) is 4.79 Å². The molecule has 0 saturated carbocycles. The second-order valence-corrected chi connectivity index (χ2v) is 7.98. The van der Waals surface area contributed by atoms with Crippen molar-refractivity contribution in [2.24, 2.45) is 5.10 Å². The van der Waals surface area contributed by atoms with E-state index in [1.165, 1.54) is 0 Å². The minimum absolute atomic E-state index is 0.0826. The maximum Gasteiger partial charge on any atom is 0.306 e. The van der Waals surface area contributed by atoms with E-state index in [4.69, 9.17) is 9.84 Å². The first kappa shape index (κ1) is 18.0. The third-order valence-corrected chi connectivity index (χ3v) is 6.28. The summed E-state index contributed by atoms with van der Waals surface area (Å²) < 4.78 is 6.59. The van der Waals surface area contributed by atoms with E-state index >= 15 is 0 Å². The standard InChI is InChI=1S/C26H21N3O2/c1-2-16-28-22-14-8-7-13-20(22)26(25(28)30)29-23(19-12-6-9-15-24(19)31-26)17-21(27-29)18-10-4-3-5-11-18/h2-15,23H,1,16-17H2/t23-,26+/m1/s1. The van der Waals surface area contributed by atoms with Crippen LogP contribution in [0.15, 0.2) is 96.6 Å². The number of fused-ring (bicyclic) bond motifs is 6. The van der Waals surface area contributed by atoms with Gasteiger partial charge in [-0.05, 0) is 17.7 Å². The predicted molar refractivity (Wildman–Crippen MR) is 120 cm³/mol. The SMILES string of the molecule is C=CCN1C(=O)[C@@]2(Oc3ccccc3[C@H]3CC(c4ccccc4)=NN32)c2ccccc21. The van der Waals surface area contributed by atoms with Gasteiger partial charge in [0.25, 0.3) is 5.91 Å². The first-order valence-corrected chi connectivity index (χ1v) is 10.5. The fourth-order valence-corrected chi connectivity index (χ4v) is 4.94. The van der Waals surface area contributed by atoms with Crippen LogP contribution < -0.4 is 9.64 Å². The van der Waals surface area contributed by atoms with Gasteiger partial charge in [-0.2, -0.15) is 5.10 Å². The number of amides is 1. The summed E-state index contributed by atoms with van der Waals surface area (Å²) in [5.74, 6) is 0.600. The molecule has 152 valence electrons. The molecule has 0 bridgehead atoms. The molecule has 5 heteroatoms. The van der Waals surface area contributed by atoms with Crippen LogP contribution >= 0.6 is 0 Å². The summed E-state index contributed by atoms with van der Waals surface area (Å²) in [6.45, 7) is 4.26. The van der Waals surface area contributed by atoms with Crippen LogP contribution in [0, 0.1) is 0 Å². The van der Waals surface area contributed by atoms with Gasteiger partial charge in [-0.15, -0.1) is 6.58 Å². The van der Waals surface area contributed by atoms with Crippen molar-refractivity contribution >= 4 is 17.3 Å². The van der Waals surface area contributed by atoms with Gasteiger partial charge in [0, 0.05) is 18.5 Å². The minimum atomic E-state index is -1.32. The molecule has 3 aliphatic heterocycles. The molecule has 0 radical (unpaired) electrons. The van der Waals surface area contributed by atoms with Crippen LogP contribution in [0.4, 0.5) is 5.69 Å². The molecule has 0 aliphatic carbocycles. The van der Waals surface area contributed by atoms with Crippen molar-refractivity contribution in [3.8, 4) is 5.75 Å². The molecule has 5 nitrogen and oxygen atoms in total. The summed E-state index contributed by atoms with van der Waals surface area (Å²) in [5.41, 5.74) is 3.40. The van der Waals surface area contributed by atoms with Crippen molar-refractivity contribution in [1.82, 2.24) is 5.01 Å². The third-order valence-electron chi connectivity index (χ3n) is 6.28. The van der Waals surface area contributed by atoms with Gasteiger partial charge in [0.2, 0.25) is 0 Å². The van der Waals surface area contributed by atoms with Gasteiger partial charge in [-0.1, -0.05) is 72.8 Å². The van der Waals surface area contributed by atoms with Gasteiger partial charge >= 0.3 is 5.72 Å². The summed E-state index contributed by atoms with van der Waals surface area (Å²) in [6, 6.07) is 25.8. The zero-order valence-electron chi connectivity index (χ0n) is 16.9. The normalized spacial score (nSPS) is 23.2. The Morgan fingerprint density at radius 1 is 1.03 bits per heavy atom. The molecular formula is C26H21N3O2. The highest BCUT2D eigenvalue weighted by Gasteiger charge is 2.62. The molecule has 0 unspecified atom stereocenters. The number of hydrogen-bond acceptors (Lipinski definition) is 4. The van der Waals surface area contributed by atoms with E-state index in [2.05, 4.69) is 24.8 Å². The Morgan fingerprint density at radius 2 is 1.77 bits per heavy atom. The van der Waals surface area contributed by atoms with E-state index in [1.54, 1.807) is 11.0 Å². The largest absolute Gasteiger partial charge is 0.453 e. The van der Waals surface area contributed by atoms with Gasteiger partial charge in [0.05, 0.1) is 23.0 Å². The van der Waals surface area contributed by atoms with E-state index < -0.39 is 5.72 Å². The van der Waals surface area contributed by atoms with Gasteiger partial charge in [-0.25, -0.2) is 5.01 Å². The van der Waals surface area contributed by atoms with Crippen molar-refractivity contribution in [2.75, 3.05) is 11.4 Å². The van der Waals surface area contributed by atoms with E-state index in [0.29, 0.717) is 13.0 Å². The van der Waals surface area contributed by atoms with Crippen molar-refractivity contribution < 1.29 is 9.53 Å². The highest BCUT2D eigenvalue weighted by atomic mass is 16.5. The van der Waals surface area contributed by atoms with Crippen LogP contribution in [0.5, 0.6) is 5.75 Å². The van der Waals surface area contributed by atoms with Crippen molar-refractivity contribution in [3.05, 3.63) is 108 Å². The molecule has 3 aromatic carbocycles. The van der Waals surface area contributed by atoms with Gasteiger partial charge in [0.1, 0.15) is 5.75 Å². The van der Waals surface area contributed by atoms with Gasteiger partial charge in [0.15, 0.2) is 0 Å². The van der Waals surface area contributed by atoms with Crippen LogP contribution in [-0.4, -0.2) is 23.2 Å². The lowest BCUT2D eigenvalue weighted by atomic mass is 9.92. The summed E-state index contributed by atoms with van der Waals surface area (Å²) >= 11 is 0. The quantitative estimate of drug-likeness (QED) is 0.596. The number of benzene rings is 3. The first-order valence-electron chi connectivity index (χ1n) is 10.5. The Bertz CT molecular complexity index is 1240. The number of ether oxygens (including phenoxy) is 1. The molecule has 1 amide bonds. The second-order valence-electron chi connectivity index (χ2n) is 7.98. The fraction of sp³-hybridized carbons (Fsp3) is 0.154. The molecular weight excluding hydrogens is 386 g/mol. The molecule has 1 spiro atoms. The maximum absolute atomic E-state index is 14.0. The molecule has 0 saturated heterocycles. The second kappa shape index (κ2) is 6.57. The zero-order chi connectivity index (χ0) is 21.0. The van der Waals surface area contributed by atoms with E-state index in [9.17, 15) is 4.79 Å². The molecule has 2 atom stereocenters. The van der Waals surface area contributed by atoms with Crippen molar-refractivity contribution in [1.29, 1.82) is 0 Å². The predicted octanol–water partition coefficient (Wildman–Crippen LogP) is 4.62. The van der Waals surface area contributed by atoms with Crippen LogP contribution in [0.2, 0.25) is 0 Å². The Labute approximate surface area is 180 Å². The Hall–Kier alpha value is -3.86. The molecule has 31 heavy (non-hydrogen) atoms. The Kier molecular flexibility index (Phi) is 3.81. The van der Waals surface area contributed by atoms with Crippen molar-refractivity contribution in [2.45, 2.75) is 18.2 Å². The highest BCUT2D eigenvalue weighted by molar-refractivity contribution is 6.08. The number of carbonyl (C=O) groups is 1. The number of para-hydroxylation sites is 2. The molecule has 0 fully saturated rings.